The van der Waals surface area contributed by atoms with Crippen LogP contribution in [0.25, 0.3) is 0 Å². The van der Waals surface area contributed by atoms with Gasteiger partial charge in [-0.25, -0.2) is 0 Å². The van der Waals surface area contributed by atoms with Crippen LogP contribution in [0.5, 0.6) is 0 Å². The molecular weight excluding hydrogens is 252 g/mol. The summed E-state index contributed by atoms with van der Waals surface area (Å²) in [5.74, 6) is 1.53. The van der Waals surface area contributed by atoms with Crippen LogP contribution in [0.2, 0.25) is 0 Å². The molecule has 3 rings (SSSR count). The molecule has 0 aliphatic carbocycles. The molecule has 0 saturated carbocycles. The van der Waals surface area contributed by atoms with Gasteiger partial charge in [-0.15, -0.1) is 5.10 Å². The highest BCUT2D eigenvalue weighted by molar-refractivity contribution is 5.25. The van der Waals surface area contributed by atoms with Crippen LogP contribution >= 0.6 is 0 Å². The van der Waals surface area contributed by atoms with Gasteiger partial charge in [0.15, 0.2) is 0 Å². The van der Waals surface area contributed by atoms with Gasteiger partial charge in [0.25, 0.3) is 0 Å². The number of nitrogens with zero attached hydrogens (tertiary/aromatic N) is 4. The van der Waals surface area contributed by atoms with Crippen LogP contribution in [0.1, 0.15) is 44.9 Å². The molecule has 1 unspecified atom stereocenters. The largest absolute Gasteiger partial charge is 0.408 e. The van der Waals surface area contributed by atoms with E-state index < -0.39 is 0 Å². The van der Waals surface area contributed by atoms with Crippen LogP contribution in [-0.2, 0) is 6.42 Å². The minimum atomic E-state index is 0.736. The van der Waals surface area contributed by atoms with Crippen LogP contribution in [0.3, 0.4) is 0 Å². The highest BCUT2D eigenvalue weighted by Gasteiger charge is 2.26. The average Bonchev–Trinajstić information content (AvgIpc) is 3.11. The summed E-state index contributed by atoms with van der Waals surface area (Å²) in [6.45, 7) is 8.09. The van der Waals surface area contributed by atoms with Gasteiger partial charge in [-0.05, 0) is 51.1 Å². The minimum absolute atomic E-state index is 0.736. The maximum absolute atomic E-state index is 5.77. The zero-order valence-electron chi connectivity index (χ0n) is 12.6. The Morgan fingerprint density at radius 3 is 2.80 bits per heavy atom. The number of piperidine rings is 1. The molecule has 2 aliphatic rings. The Morgan fingerprint density at radius 1 is 1.15 bits per heavy atom. The van der Waals surface area contributed by atoms with Gasteiger partial charge < -0.3 is 14.2 Å². The molecule has 2 fully saturated rings. The fraction of sp³-hybridized carbons (Fsp3) is 0.867. The molecule has 2 saturated heterocycles. The summed E-state index contributed by atoms with van der Waals surface area (Å²) in [4.78, 5) is 4.90. The summed E-state index contributed by atoms with van der Waals surface area (Å²) in [5, 5.41) is 8.36. The van der Waals surface area contributed by atoms with E-state index >= 15 is 0 Å². The molecule has 0 spiro atoms. The van der Waals surface area contributed by atoms with Gasteiger partial charge in [0.1, 0.15) is 0 Å². The third-order valence-electron chi connectivity index (χ3n) is 4.42. The van der Waals surface area contributed by atoms with Gasteiger partial charge in [-0.3, -0.25) is 0 Å². The first-order valence-corrected chi connectivity index (χ1v) is 8.15. The predicted octanol–water partition coefficient (Wildman–Crippen LogP) is 2.33. The van der Waals surface area contributed by atoms with Crippen molar-refractivity contribution in [1.82, 2.24) is 15.1 Å². The van der Waals surface area contributed by atoms with Gasteiger partial charge in [0.05, 0.1) is 0 Å². The molecule has 3 heterocycles. The summed E-state index contributed by atoms with van der Waals surface area (Å²) in [5.41, 5.74) is 0. The van der Waals surface area contributed by atoms with E-state index in [4.69, 9.17) is 4.42 Å². The van der Waals surface area contributed by atoms with E-state index in [9.17, 15) is 0 Å². The molecule has 5 heteroatoms. The number of rotatable bonds is 5. The molecule has 2 aliphatic heterocycles. The van der Waals surface area contributed by atoms with Crippen molar-refractivity contribution in [2.24, 2.45) is 5.92 Å². The monoisotopic (exact) mass is 278 g/mol. The Bertz CT molecular complexity index is 414. The van der Waals surface area contributed by atoms with Gasteiger partial charge in [0.2, 0.25) is 5.89 Å². The van der Waals surface area contributed by atoms with Gasteiger partial charge in [-0.2, -0.15) is 0 Å². The number of anilines is 1. The Morgan fingerprint density at radius 2 is 2.00 bits per heavy atom. The van der Waals surface area contributed by atoms with E-state index in [0.29, 0.717) is 0 Å². The zero-order chi connectivity index (χ0) is 13.8. The Balaban J connectivity index is 1.56. The minimum Gasteiger partial charge on any atom is -0.408 e. The zero-order valence-corrected chi connectivity index (χ0v) is 12.6. The number of aryl methyl sites for hydroxylation is 1. The molecule has 1 aromatic heterocycles. The highest BCUT2D eigenvalue weighted by atomic mass is 16.4. The maximum atomic E-state index is 5.77. The molecule has 0 radical (unpaired) electrons. The predicted molar refractivity (Wildman–Crippen MR) is 78.9 cm³/mol. The lowest BCUT2D eigenvalue weighted by Gasteiger charge is -2.33. The lowest BCUT2D eigenvalue weighted by Crippen LogP contribution is -2.40. The topological polar surface area (TPSA) is 45.4 Å². The number of hydrogen-bond donors (Lipinski definition) is 0. The first-order chi connectivity index (χ1) is 9.85. The summed E-state index contributed by atoms with van der Waals surface area (Å²) in [6.07, 6.45) is 7.27. The summed E-state index contributed by atoms with van der Waals surface area (Å²) < 4.78 is 5.77. The van der Waals surface area contributed by atoms with Crippen molar-refractivity contribution in [2.75, 3.05) is 37.6 Å². The fourth-order valence-electron chi connectivity index (χ4n) is 3.41. The van der Waals surface area contributed by atoms with E-state index in [0.717, 1.165) is 43.8 Å². The van der Waals surface area contributed by atoms with Crippen molar-refractivity contribution in [1.29, 1.82) is 0 Å². The third kappa shape index (κ3) is 3.32. The molecule has 1 atom stereocenters. The number of likely N-dealkylation sites (tertiary alicyclic amines) is 1. The van der Waals surface area contributed by atoms with Crippen LogP contribution in [0, 0.1) is 5.92 Å². The van der Waals surface area contributed by atoms with E-state index in [1.54, 1.807) is 0 Å². The molecule has 1 aromatic rings. The van der Waals surface area contributed by atoms with Crippen LogP contribution in [-0.4, -0.2) is 47.8 Å². The van der Waals surface area contributed by atoms with Crippen molar-refractivity contribution in [3.63, 3.8) is 0 Å². The van der Waals surface area contributed by atoms with E-state index in [1.807, 2.05) is 0 Å². The van der Waals surface area contributed by atoms with Crippen LogP contribution in [0.4, 0.5) is 6.01 Å². The standard InChI is InChI=1S/C15H26N4O/c1-2-6-14-16-17-15(20-14)19-10-5-7-13(12-19)11-18-8-3-4-9-18/h13H,2-12H2,1H3. The van der Waals surface area contributed by atoms with E-state index in [2.05, 4.69) is 26.9 Å². The lowest BCUT2D eigenvalue weighted by molar-refractivity contribution is 0.252. The van der Waals surface area contributed by atoms with E-state index in [1.165, 1.54) is 45.3 Å². The van der Waals surface area contributed by atoms with Gasteiger partial charge >= 0.3 is 6.01 Å². The SMILES string of the molecule is CCCc1nnc(N2CCCC(CN3CCCC3)C2)o1. The summed E-state index contributed by atoms with van der Waals surface area (Å²) >= 11 is 0. The Kier molecular flexibility index (Phi) is 4.55. The van der Waals surface area contributed by atoms with Crippen molar-refractivity contribution in [3.8, 4) is 0 Å². The molecule has 112 valence electrons. The molecule has 20 heavy (non-hydrogen) atoms. The molecule has 0 N–H and O–H groups in total. The molecule has 0 bridgehead atoms. The lowest BCUT2D eigenvalue weighted by atomic mass is 9.98. The molecule has 5 nitrogen and oxygen atoms in total. The highest BCUT2D eigenvalue weighted by Crippen LogP contribution is 2.24. The molecule has 0 amide bonds. The van der Waals surface area contributed by atoms with Gasteiger partial charge in [-0.1, -0.05) is 12.0 Å². The number of aromatic nitrogens is 2. The quantitative estimate of drug-likeness (QED) is 0.827. The first kappa shape index (κ1) is 13.9. The Labute approximate surface area is 121 Å². The Hall–Kier alpha value is -1.10. The van der Waals surface area contributed by atoms with Crippen LogP contribution in [0.15, 0.2) is 4.42 Å². The smallest absolute Gasteiger partial charge is 0.318 e. The third-order valence-corrected chi connectivity index (χ3v) is 4.42. The second kappa shape index (κ2) is 6.57. The van der Waals surface area contributed by atoms with Crippen molar-refractivity contribution < 1.29 is 4.42 Å². The second-order valence-corrected chi connectivity index (χ2v) is 6.19. The molecule has 0 aromatic carbocycles. The van der Waals surface area contributed by atoms with E-state index in [-0.39, 0.29) is 0 Å². The molecular formula is C15H26N4O. The van der Waals surface area contributed by atoms with Crippen molar-refractivity contribution in [2.45, 2.75) is 45.4 Å². The van der Waals surface area contributed by atoms with Crippen LogP contribution < -0.4 is 4.90 Å². The average molecular weight is 278 g/mol. The fourth-order valence-corrected chi connectivity index (χ4v) is 3.41. The van der Waals surface area contributed by atoms with Crippen molar-refractivity contribution in [3.05, 3.63) is 5.89 Å². The summed E-state index contributed by atoms with van der Waals surface area (Å²) in [6, 6.07) is 0.736. The number of hydrogen-bond acceptors (Lipinski definition) is 5. The normalized spacial score (nSPS) is 24.4. The first-order valence-electron chi connectivity index (χ1n) is 8.15. The second-order valence-electron chi connectivity index (χ2n) is 6.19. The summed E-state index contributed by atoms with van der Waals surface area (Å²) in [7, 11) is 0. The van der Waals surface area contributed by atoms with Gasteiger partial charge in [0, 0.05) is 26.1 Å². The maximum Gasteiger partial charge on any atom is 0.318 e. The van der Waals surface area contributed by atoms with Crippen molar-refractivity contribution >= 4 is 6.01 Å².